The fourth-order valence-electron chi connectivity index (χ4n) is 6.52. The topological polar surface area (TPSA) is 148 Å². The minimum Gasteiger partial charge on any atom is -0.495 e. The number of nitrogens with zero attached hydrogens (tertiary/aromatic N) is 2. The van der Waals surface area contributed by atoms with Gasteiger partial charge in [0.1, 0.15) is 33.9 Å². The maximum atomic E-state index is 13.2. The summed E-state index contributed by atoms with van der Waals surface area (Å²) in [5, 5.41) is 9.35. The summed E-state index contributed by atoms with van der Waals surface area (Å²) >= 11 is 0. The van der Waals surface area contributed by atoms with E-state index in [0.29, 0.717) is 85.8 Å². The molecule has 3 aliphatic rings. The molecule has 12 nitrogen and oxygen atoms in total. The number of rotatable bonds is 11. The molecule has 13 heteroatoms. The summed E-state index contributed by atoms with van der Waals surface area (Å²) in [7, 11) is 2.92. The van der Waals surface area contributed by atoms with Crippen molar-refractivity contribution in [3.63, 3.8) is 0 Å². The van der Waals surface area contributed by atoms with E-state index in [9.17, 15) is 23.6 Å². The van der Waals surface area contributed by atoms with Gasteiger partial charge in [-0.05, 0) is 105 Å². The molecular formula is C38H38FN5O7. The normalized spacial score (nSPS) is 17.2. The van der Waals surface area contributed by atoms with E-state index in [1.165, 1.54) is 31.4 Å². The second-order valence-corrected chi connectivity index (χ2v) is 13.3. The van der Waals surface area contributed by atoms with Crippen LogP contribution in [0.5, 0.6) is 17.2 Å². The molecule has 1 saturated heterocycles. The Bertz CT molecular complexity index is 1990. The maximum absolute atomic E-state index is 13.2. The molecule has 0 spiro atoms. The molecule has 3 amide bonds. The molecule has 4 aromatic rings. The molecule has 1 aliphatic heterocycles. The molecule has 3 aromatic carbocycles. The van der Waals surface area contributed by atoms with Crippen LogP contribution in [0.25, 0.3) is 10.9 Å². The number of carbonyl (C=O) groups excluding carboxylic acids is 4. The Labute approximate surface area is 293 Å². The van der Waals surface area contributed by atoms with Crippen molar-refractivity contribution in [2.24, 2.45) is 10.8 Å². The van der Waals surface area contributed by atoms with E-state index in [-0.39, 0.29) is 11.9 Å². The van der Waals surface area contributed by atoms with Gasteiger partial charge < -0.3 is 35.1 Å². The molecular weight excluding hydrogens is 657 g/mol. The van der Waals surface area contributed by atoms with Crippen molar-refractivity contribution in [3.05, 3.63) is 78.7 Å². The number of hydrogen-bond donors (Lipinski definition) is 3. The highest BCUT2D eigenvalue weighted by atomic mass is 19.1. The van der Waals surface area contributed by atoms with Gasteiger partial charge in [0.15, 0.2) is 0 Å². The zero-order valence-electron chi connectivity index (χ0n) is 28.3. The van der Waals surface area contributed by atoms with Crippen molar-refractivity contribution in [2.45, 2.75) is 44.6 Å². The number of hydrogen-bond acceptors (Lipinski definition) is 9. The molecule has 7 rings (SSSR count). The predicted molar refractivity (Wildman–Crippen MR) is 187 cm³/mol. The van der Waals surface area contributed by atoms with Crippen molar-refractivity contribution >= 4 is 51.7 Å². The number of anilines is 3. The Morgan fingerprint density at radius 3 is 1.96 bits per heavy atom. The summed E-state index contributed by atoms with van der Waals surface area (Å²) in [6.45, 7) is 1.36. The van der Waals surface area contributed by atoms with Crippen LogP contribution in [0.3, 0.4) is 0 Å². The van der Waals surface area contributed by atoms with E-state index in [0.717, 1.165) is 11.1 Å². The van der Waals surface area contributed by atoms with Crippen molar-refractivity contribution in [2.75, 3.05) is 42.8 Å². The lowest BCUT2D eigenvalue weighted by molar-refractivity contribution is -0.152. The average molecular weight is 696 g/mol. The van der Waals surface area contributed by atoms with Gasteiger partial charge in [0.05, 0.1) is 25.4 Å². The lowest BCUT2D eigenvalue weighted by atomic mass is 10.0. The molecule has 2 heterocycles. The van der Waals surface area contributed by atoms with E-state index < -0.39 is 34.4 Å². The van der Waals surface area contributed by atoms with Gasteiger partial charge in [0.2, 0.25) is 17.7 Å². The zero-order valence-corrected chi connectivity index (χ0v) is 28.3. The summed E-state index contributed by atoms with van der Waals surface area (Å²) < 4.78 is 30.1. The number of carbonyl (C=O) groups is 4. The first-order valence-corrected chi connectivity index (χ1v) is 16.9. The van der Waals surface area contributed by atoms with Gasteiger partial charge in [-0.1, -0.05) is 0 Å². The van der Waals surface area contributed by atoms with Crippen LogP contribution in [0, 0.1) is 16.6 Å². The van der Waals surface area contributed by atoms with Gasteiger partial charge >= 0.3 is 5.97 Å². The third-order valence-electron chi connectivity index (χ3n) is 10.00. The Morgan fingerprint density at radius 2 is 1.39 bits per heavy atom. The Hall–Kier alpha value is -5.72. The zero-order chi connectivity index (χ0) is 35.8. The number of pyridine rings is 1. The van der Waals surface area contributed by atoms with Crippen molar-refractivity contribution < 1.29 is 37.8 Å². The minimum atomic E-state index is -1.17. The number of benzene rings is 3. The van der Waals surface area contributed by atoms with Crippen LogP contribution >= 0.6 is 0 Å². The van der Waals surface area contributed by atoms with Crippen LogP contribution in [0.2, 0.25) is 0 Å². The van der Waals surface area contributed by atoms with Gasteiger partial charge in [0.25, 0.3) is 0 Å². The molecule has 2 aliphatic carbocycles. The van der Waals surface area contributed by atoms with Crippen LogP contribution in [-0.4, -0.2) is 62.0 Å². The van der Waals surface area contributed by atoms with Crippen molar-refractivity contribution in [1.82, 2.24) is 10.3 Å². The van der Waals surface area contributed by atoms with Crippen LogP contribution in [0.4, 0.5) is 21.5 Å². The third kappa shape index (κ3) is 6.75. The number of ether oxygens (including phenoxy) is 3. The number of piperidine rings is 1. The smallest absolute Gasteiger partial charge is 0.321 e. The molecule has 51 heavy (non-hydrogen) atoms. The van der Waals surface area contributed by atoms with E-state index in [4.69, 9.17) is 14.2 Å². The fourth-order valence-corrected chi connectivity index (χ4v) is 6.52. The van der Waals surface area contributed by atoms with Crippen LogP contribution in [0.15, 0.2) is 72.9 Å². The second kappa shape index (κ2) is 13.5. The predicted octanol–water partition coefficient (Wildman–Crippen LogP) is 5.57. The van der Waals surface area contributed by atoms with Crippen molar-refractivity contribution in [3.8, 4) is 17.2 Å². The van der Waals surface area contributed by atoms with Gasteiger partial charge in [-0.3, -0.25) is 24.2 Å². The SMILES string of the molecule is COC(=O)C1(C(=O)NC2CCN(c3cc4nccc(Oc5ccc(NC(=O)C6(C(=O)Nc7ccc(F)cc7)CC6)cc5)c4cc3OC)CC2)CC1. The number of halogens is 1. The van der Waals surface area contributed by atoms with Gasteiger partial charge in [0, 0.05) is 42.1 Å². The standard InChI is InChI=1S/C38H38FN5O7/c1-49-32-21-28-29(22-30(32)44-19-12-26(13-20-44)43-35(47)38(16-17-38)36(48)50-2)40-18-11-31(28)51-27-9-7-25(8-10-27)42-34(46)37(14-15-37)33(45)41-24-5-3-23(39)4-6-24/h3-11,18,21-22,26H,12-17,19-20H2,1-2H3,(H,41,45)(H,42,46)(H,43,47). The number of nitrogens with one attached hydrogen (secondary N) is 3. The first-order valence-electron chi connectivity index (χ1n) is 16.9. The molecule has 2 saturated carbocycles. The first kappa shape index (κ1) is 33.8. The highest BCUT2D eigenvalue weighted by molar-refractivity contribution is 6.17. The molecule has 1 aromatic heterocycles. The highest BCUT2D eigenvalue weighted by Crippen LogP contribution is 2.48. The number of amides is 3. The summed E-state index contributed by atoms with van der Waals surface area (Å²) in [4.78, 5) is 57.8. The summed E-state index contributed by atoms with van der Waals surface area (Å²) in [6, 6.07) is 17.9. The summed E-state index contributed by atoms with van der Waals surface area (Å²) in [5.41, 5.74) is 0.334. The monoisotopic (exact) mass is 695 g/mol. The molecule has 0 radical (unpaired) electrons. The Kier molecular flexibility index (Phi) is 8.96. The highest BCUT2D eigenvalue weighted by Gasteiger charge is 2.58. The molecule has 3 fully saturated rings. The quantitative estimate of drug-likeness (QED) is 0.135. The van der Waals surface area contributed by atoms with E-state index in [1.807, 2.05) is 12.1 Å². The minimum absolute atomic E-state index is 0.0395. The lowest BCUT2D eigenvalue weighted by Gasteiger charge is -2.35. The summed E-state index contributed by atoms with van der Waals surface area (Å²) in [5.74, 6) is -0.206. The number of esters is 1. The van der Waals surface area contributed by atoms with E-state index in [1.54, 1.807) is 43.6 Å². The Morgan fingerprint density at radius 1 is 0.784 bits per heavy atom. The molecule has 0 atom stereocenters. The largest absolute Gasteiger partial charge is 0.495 e. The van der Waals surface area contributed by atoms with E-state index in [2.05, 4.69) is 25.8 Å². The van der Waals surface area contributed by atoms with E-state index >= 15 is 0 Å². The number of methoxy groups -OCH3 is 2. The molecule has 3 N–H and O–H groups in total. The van der Waals surface area contributed by atoms with Crippen molar-refractivity contribution in [1.29, 1.82) is 0 Å². The average Bonchev–Trinajstić information content (AvgIpc) is 4.08. The molecule has 0 unspecified atom stereocenters. The van der Waals surface area contributed by atoms with Crippen LogP contribution < -0.4 is 30.3 Å². The first-order chi connectivity index (χ1) is 24.6. The maximum Gasteiger partial charge on any atom is 0.321 e. The molecule has 0 bridgehead atoms. The van der Waals surface area contributed by atoms with Gasteiger partial charge in [-0.2, -0.15) is 0 Å². The van der Waals surface area contributed by atoms with Crippen LogP contribution in [-0.2, 0) is 23.9 Å². The lowest BCUT2D eigenvalue weighted by Crippen LogP contribution is -2.48. The summed E-state index contributed by atoms with van der Waals surface area (Å²) in [6.07, 6.45) is 4.97. The van der Waals surface area contributed by atoms with Gasteiger partial charge in [-0.15, -0.1) is 0 Å². The Balaban J connectivity index is 0.983. The fraction of sp³-hybridized carbons (Fsp3) is 0.342. The molecule has 264 valence electrons. The second-order valence-electron chi connectivity index (χ2n) is 13.3. The van der Waals surface area contributed by atoms with Gasteiger partial charge in [-0.25, -0.2) is 4.39 Å². The third-order valence-corrected chi connectivity index (χ3v) is 10.00. The number of fused-ring (bicyclic) bond motifs is 1. The van der Waals surface area contributed by atoms with Crippen LogP contribution in [0.1, 0.15) is 38.5 Å². The number of aromatic nitrogens is 1.